The monoisotopic (exact) mass is 249 g/mol. The average Bonchev–Trinajstić information content (AvgIpc) is 2.98. The van der Waals surface area contributed by atoms with Crippen molar-refractivity contribution in [1.82, 2.24) is 10.3 Å². The largest absolute Gasteiger partial charge is 0.467 e. The van der Waals surface area contributed by atoms with Crippen molar-refractivity contribution >= 4 is 17.7 Å². The van der Waals surface area contributed by atoms with Gasteiger partial charge in [-0.05, 0) is 12.5 Å². The topological polar surface area (TPSA) is 106 Å². The molecule has 1 saturated carbocycles. The Morgan fingerprint density at radius 2 is 2.11 bits per heavy atom. The van der Waals surface area contributed by atoms with Gasteiger partial charge in [-0.25, -0.2) is 5.84 Å². The zero-order valence-electron chi connectivity index (χ0n) is 9.38. The smallest absolute Gasteiger partial charge is 0.268 e. The van der Waals surface area contributed by atoms with E-state index in [-0.39, 0.29) is 41.5 Å². The van der Waals surface area contributed by atoms with Gasteiger partial charge < -0.3 is 4.42 Å². The molecular formula is C11H11N3O4. The van der Waals surface area contributed by atoms with Crippen molar-refractivity contribution in [1.29, 1.82) is 0 Å². The average molecular weight is 249 g/mol. The van der Waals surface area contributed by atoms with E-state index in [1.165, 1.54) is 12.3 Å². The van der Waals surface area contributed by atoms with Crippen LogP contribution in [0.1, 0.15) is 22.5 Å². The van der Waals surface area contributed by atoms with Gasteiger partial charge >= 0.3 is 0 Å². The van der Waals surface area contributed by atoms with E-state index >= 15 is 0 Å². The third-order valence-electron chi connectivity index (χ3n) is 3.38. The van der Waals surface area contributed by atoms with E-state index in [1.807, 2.05) is 5.43 Å². The second-order valence-electron chi connectivity index (χ2n) is 4.44. The van der Waals surface area contributed by atoms with Gasteiger partial charge in [-0.3, -0.25) is 24.7 Å². The summed E-state index contributed by atoms with van der Waals surface area (Å²) in [4.78, 5) is 36.1. The quantitative estimate of drug-likeness (QED) is 0.321. The summed E-state index contributed by atoms with van der Waals surface area (Å²) in [7, 11) is 0. The second-order valence-corrected chi connectivity index (χ2v) is 4.44. The molecule has 18 heavy (non-hydrogen) atoms. The molecule has 1 aliphatic carbocycles. The van der Waals surface area contributed by atoms with E-state index in [2.05, 4.69) is 0 Å². The van der Waals surface area contributed by atoms with Gasteiger partial charge in [0.15, 0.2) is 0 Å². The minimum atomic E-state index is -0.511. The lowest BCUT2D eigenvalue weighted by Gasteiger charge is -2.15. The van der Waals surface area contributed by atoms with Gasteiger partial charge in [-0.15, -0.1) is 0 Å². The van der Waals surface area contributed by atoms with Crippen LogP contribution in [0.3, 0.4) is 0 Å². The van der Waals surface area contributed by atoms with Crippen LogP contribution in [0.25, 0.3) is 0 Å². The maximum atomic E-state index is 11.8. The number of fused-ring (bicyclic) bond motifs is 1. The van der Waals surface area contributed by atoms with Gasteiger partial charge in [0.05, 0.1) is 30.2 Å². The lowest BCUT2D eigenvalue weighted by molar-refractivity contribution is -0.142. The number of carbonyl (C=O) groups is 3. The van der Waals surface area contributed by atoms with Crippen LogP contribution in [0.5, 0.6) is 0 Å². The highest BCUT2D eigenvalue weighted by Crippen LogP contribution is 2.47. The summed E-state index contributed by atoms with van der Waals surface area (Å²) in [6, 6.07) is 1.45. The number of hydrogen-bond donors (Lipinski definition) is 2. The number of imide groups is 1. The number of hydrazine groups is 1. The Hall–Kier alpha value is -2.15. The molecule has 94 valence electrons. The summed E-state index contributed by atoms with van der Waals surface area (Å²) in [6.45, 7) is -0.0135. The number of nitrogens with one attached hydrogen (secondary N) is 1. The molecule has 2 heterocycles. The minimum Gasteiger partial charge on any atom is -0.467 e. The predicted molar refractivity (Wildman–Crippen MR) is 57.5 cm³/mol. The molecular weight excluding hydrogens is 238 g/mol. The number of nitrogen functional groups attached to an aromatic ring is 1. The predicted octanol–water partition coefficient (Wildman–Crippen LogP) is -0.612. The van der Waals surface area contributed by atoms with Crippen LogP contribution in [0.15, 0.2) is 16.7 Å². The molecule has 2 fully saturated rings. The van der Waals surface area contributed by atoms with Gasteiger partial charge in [-0.1, -0.05) is 0 Å². The molecule has 3 N–H and O–H groups in total. The molecule has 3 amide bonds. The van der Waals surface area contributed by atoms with Crippen molar-refractivity contribution in [2.75, 3.05) is 0 Å². The number of carbonyl (C=O) groups excluding carboxylic acids is 3. The molecule has 2 atom stereocenters. The van der Waals surface area contributed by atoms with Gasteiger partial charge in [0.1, 0.15) is 5.76 Å². The van der Waals surface area contributed by atoms with E-state index in [9.17, 15) is 14.4 Å². The van der Waals surface area contributed by atoms with Crippen LogP contribution in [-0.4, -0.2) is 22.6 Å². The lowest BCUT2D eigenvalue weighted by Crippen LogP contribution is -2.34. The number of rotatable bonds is 3. The summed E-state index contributed by atoms with van der Waals surface area (Å²) < 4.78 is 5.13. The number of nitrogens with zero attached hydrogens (tertiary/aromatic N) is 1. The zero-order chi connectivity index (χ0) is 12.9. The fourth-order valence-corrected chi connectivity index (χ4v) is 2.29. The summed E-state index contributed by atoms with van der Waals surface area (Å²) in [6.07, 6.45) is 1.98. The molecule has 3 rings (SSSR count). The van der Waals surface area contributed by atoms with Gasteiger partial charge in [0.25, 0.3) is 5.91 Å². The first-order chi connectivity index (χ1) is 8.63. The molecule has 0 spiro atoms. The lowest BCUT2D eigenvalue weighted by atomic mass is 10.2. The Kier molecular flexibility index (Phi) is 2.24. The van der Waals surface area contributed by atoms with E-state index in [0.717, 1.165) is 4.90 Å². The number of hydrogen-bond acceptors (Lipinski definition) is 5. The molecule has 2 unspecified atom stereocenters. The maximum Gasteiger partial charge on any atom is 0.268 e. The standard InChI is InChI=1S/C11H11N3O4/c12-13-9(15)5-1-2-18-8(5)4-14-10(16)6-3-7(6)11(14)17/h1-2,6-7H,3-4,12H2,(H,13,15). The Morgan fingerprint density at radius 1 is 1.44 bits per heavy atom. The molecule has 0 radical (unpaired) electrons. The van der Waals surface area contributed by atoms with Crippen LogP contribution < -0.4 is 11.3 Å². The van der Waals surface area contributed by atoms with Crippen LogP contribution in [-0.2, 0) is 16.1 Å². The first-order valence-electron chi connectivity index (χ1n) is 5.56. The first-order valence-corrected chi connectivity index (χ1v) is 5.56. The second kappa shape index (κ2) is 3.67. The summed E-state index contributed by atoms with van der Waals surface area (Å²) in [5.41, 5.74) is 2.22. The fraction of sp³-hybridized carbons (Fsp3) is 0.364. The Morgan fingerprint density at radius 3 is 2.72 bits per heavy atom. The van der Waals surface area contributed by atoms with Gasteiger partial charge in [0, 0.05) is 0 Å². The molecule has 0 bridgehead atoms. The maximum absolute atomic E-state index is 11.8. The number of nitrogens with two attached hydrogens (primary N) is 1. The molecule has 1 aromatic heterocycles. The third-order valence-corrected chi connectivity index (χ3v) is 3.38. The first kappa shape index (κ1) is 11.0. The molecule has 0 aromatic carbocycles. The molecule has 1 aliphatic heterocycles. The van der Waals surface area contributed by atoms with E-state index < -0.39 is 5.91 Å². The van der Waals surface area contributed by atoms with E-state index in [4.69, 9.17) is 10.3 Å². The normalized spacial score (nSPS) is 25.3. The van der Waals surface area contributed by atoms with Crippen molar-refractivity contribution in [3.05, 3.63) is 23.7 Å². The summed E-state index contributed by atoms with van der Waals surface area (Å²) >= 11 is 0. The van der Waals surface area contributed by atoms with Crippen molar-refractivity contribution in [2.24, 2.45) is 17.7 Å². The molecule has 2 aliphatic rings. The van der Waals surface area contributed by atoms with Crippen molar-refractivity contribution < 1.29 is 18.8 Å². The zero-order valence-corrected chi connectivity index (χ0v) is 9.38. The van der Waals surface area contributed by atoms with E-state index in [0.29, 0.717) is 6.42 Å². The Labute approximate surface area is 102 Å². The number of piperidine rings is 1. The number of furan rings is 1. The van der Waals surface area contributed by atoms with Crippen molar-refractivity contribution in [2.45, 2.75) is 13.0 Å². The fourth-order valence-electron chi connectivity index (χ4n) is 2.29. The highest BCUT2D eigenvalue weighted by Gasteiger charge is 2.58. The minimum absolute atomic E-state index is 0.0135. The van der Waals surface area contributed by atoms with Crippen LogP contribution in [0, 0.1) is 11.8 Å². The summed E-state index contributed by atoms with van der Waals surface area (Å²) in [5, 5.41) is 0. The van der Waals surface area contributed by atoms with Crippen LogP contribution in [0.2, 0.25) is 0 Å². The SMILES string of the molecule is NNC(=O)c1ccoc1CN1C(=O)C2CC2C1=O. The number of amides is 3. The van der Waals surface area contributed by atoms with Crippen LogP contribution >= 0.6 is 0 Å². The molecule has 7 heteroatoms. The van der Waals surface area contributed by atoms with Gasteiger partial charge in [-0.2, -0.15) is 0 Å². The highest BCUT2D eigenvalue weighted by atomic mass is 16.3. The Balaban J connectivity index is 1.81. The summed E-state index contributed by atoms with van der Waals surface area (Å²) in [5.74, 6) is 4.12. The van der Waals surface area contributed by atoms with Crippen LogP contribution in [0.4, 0.5) is 0 Å². The molecule has 7 nitrogen and oxygen atoms in total. The molecule has 1 saturated heterocycles. The van der Waals surface area contributed by atoms with Crippen molar-refractivity contribution in [3.8, 4) is 0 Å². The van der Waals surface area contributed by atoms with Crippen molar-refractivity contribution in [3.63, 3.8) is 0 Å². The molecule has 1 aromatic rings. The third kappa shape index (κ3) is 1.44. The number of likely N-dealkylation sites (tertiary alicyclic amines) is 1. The Bertz CT molecular complexity index is 530. The highest BCUT2D eigenvalue weighted by molar-refractivity contribution is 6.08. The van der Waals surface area contributed by atoms with E-state index in [1.54, 1.807) is 0 Å². The van der Waals surface area contributed by atoms with Gasteiger partial charge in [0.2, 0.25) is 11.8 Å².